The summed E-state index contributed by atoms with van der Waals surface area (Å²) in [6.07, 6.45) is 3.85. The van der Waals surface area contributed by atoms with Crippen LogP contribution in [0.15, 0.2) is 42.6 Å². The Kier molecular flexibility index (Phi) is 4.37. The van der Waals surface area contributed by atoms with Crippen molar-refractivity contribution in [1.82, 2.24) is 4.98 Å². The zero-order chi connectivity index (χ0) is 15.4. The van der Waals surface area contributed by atoms with Crippen molar-refractivity contribution in [3.05, 3.63) is 59.3 Å². The van der Waals surface area contributed by atoms with Crippen molar-refractivity contribution in [3.63, 3.8) is 0 Å². The molecule has 0 saturated carbocycles. The first-order chi connectivity index (χ1) is 10.8. The fourth-order valence-corrected chi connectivity index (χ4v) is 2.90. The average Bonchev–Trinajstić information content (AvgIpc) is 2.77. The summed E-state index contributed by atoms with van der Waals surface area (Å²) in [5, 5.41) is 0. The third-order valence-corrected chi connectivity index (χ3v) is 3.94. The number of anilines is 1. The van der Waals surface area contributed by atoms with Crippen LogP contribution >= 0.6 is 0 Å². The predicted molar refractivity (Wildman–Crippen MR) is 86.0 cm³/mol. The van der Waals surface area contributed by atoms with E-state index in [1.807, 2.05) is 6.92 Å². The van der Waals surface area contributed by atoms with E-state index in [1.165, 1.54) is 11.1 Å². The van der Waals surface area contributed by atoms with E-state index in [1.54, 1.807) is 18.3 Å². The number of rotatable bonds is 3. The van der Waals surface area contributed by atoms with Gasteiger partial charge in [-0.25, -0.2) is 9.78 Å². The maximum atomic E-state index is 12.2. The maximum absolute atomic E-state index is 12.2. The first-order valence-electron chi connectivity index (χ1n) is 7.73. The van der Waals surface area contributed by atoms with Crippen LogP contribution in [0.25, 0.3) is 0 Å². The minimum atomic E-state index is -0.303. The predicted octanol–water partition coefficient (Wildman–Crippen LogP) is 3.21. The van der Waals surface area contributed by atoms with Gasteiger partial charge < -0.3 is 9.64 Å². The standard InChI is InChI=1S/C18H20N2O2/c1-2-22-18(21)16-10-5-11-19-17(16)20-12-6-9-14-7-3-4-8-15(14)13-20/h3-5,7-8,10-11H,2,6,9,12-13H2,1H3. The number of aryl methyl sites for hydroxylation is 1. The van der Waals surface area contributed by atoms with Gasteiger partial charge in [-0.1, -0.05) is 24.3 Å². The van der Waals surface area contributed by atoms with Crippen molar-refractivity contribution in [2.75, 3.05) is 18.1 Å². The Balaban J connectivity index is 1.93. The highest BCUT2D eigenvalue weighted by molar-refractivity contribution is 5.94. The Morgan fingerprint density at radius 1 is 1.23 bits per heavy atom. The molecule has 0 amide bonds. The SMILES string of the molecule is CCOC(=O)c1cccnc1N1CCCc2ccccc2C1. The first-order valence-corrected chi connectivity index (χ1v) is 7.73. The first kappa shape index (κ1) is 14.6. The Morgan fingerprint density at radius 3 is 2.86 bits per heavy atom. The third kappa shape index (κ3) is 2.96. The summed E-state index contributed by atoms with van der Waals surface area (Å²) in [4.78, 5) is 18.8. The molecule has 4 heteroatoms. The van der Waals surface area contributed by atoms with Gasteiger partial charge in [0.2, 0.25) is 0 Å². The summed E-state index contributed by atoms with van der Waals surface area (Å²) in [6, 6.07) is 12.1. The molecule has 3 rings (SSSR count). The molecule has 1 aliphatic heterocycles. The van der Waals surface area contributed by atoms with E-state index < -0.39 is 0 Å². The normalized spacial score (nSPS) is 14.1. The van der Waals surface area contributed by atoms with Crippen LogP contribution in [0, 0.1) is 0 Å². The minimum Gasteiger partial charge on any atom is -0.462 e. The van der Waals surface area contributed by atoms with Crippen LogP contribution in [0.4, 0.5) is 5.82 Å². The second-order valence-corrected chi connectivity index (χ2v) is 5.39. The van der Waals surface area contributed by atoms with Gasteiger partial charge in [-0.3, -0.25) is 0 Å². The number of aromatic nitrogens is 1. The van der Waals surface area contributed by atoms with Gasteiger partial charge in [0.25, 0.3) is 0 Å². The molecule has 2 heterocycles. The maximum Gasteiger partial charge on any atom is 0.341 e. The number of esters is 1. The molecule has 22 heavy (non-hydrogen) atoms. The smallest absolute Gasteiger partial charge is 0.341 e. The van der Waals surface area contributed by atoms with E-state index in [0.29, 0.717) is 12.2 Å². The quantitative estimate of drug-likeness (QED) is 0.816. The van der Waals surface area contributed by atoms with Crippen molar-refractivity contribution >= 4 is 11.8 Å². The number of pyridine rings is 1. The van der Waals surface area contributed by atoms with Gasteiger partial charge in [0, 0.05) is 19.3 Å². The van der Waals surface area contributed by atoms with E-state index >= 15 is 0 Å². The van der Waals surface area contributed by atoms with Gasteiger partial charge in [0.05, 0.1) is 6.61 Å². The molecule has 0 spiro atoms. The van der Waals surface area contributed by atoms with Crippen LogP contribution in [-0.2, 0) is 17.7 Å². The molecule has 0 radical (unpaired) electrons. The number of fused-ring (bicyclic) bond motifs is 1. The molecule has 1 aromatic heterocycles. The molecule has 2 aromatic rings. The molecule has 0 aliphatic carbocycles. The highest BCUT2D eigenvalue weighted by Gasteiger charge is 2.21. The molecule has 1 aromatic carbocycles. The molecule has 0 unspecified atom stereocenters. The van der Waals surface area contributed by atoms with Gasteiger partial charge >= 0.3 is 5.97 Å². The Bertz CT molecular complexity index is 670. The Morgan fingerprint density at radius 2 is 2.05 bits per heavy atom. The van der Waals surface area contributed by atoms with Crippen LogP contribution in [0.1, 0.15) is 34.8 Å². The van der Waals surface area contributed by atoms with Crippen LogP contribution < -0.4 is 4.90 Å². The summed E-state index contributed by atoms with van der Waals surface area (Å²) >= 11 is 0. The Hall–Kier alpha value is -2.36. The third-order valence-electron chi connectivity index (χ3n) is 3.94. The van der Waals surface area contributed by atoms with Crippen molar-refractivity contribution < 1.29 is 9.53 Å². The number of hydrogen-bond acceptors (Lipinski definition) is 4. The van der Waals surface area contributed by atoms with Crippen molar-refractivity contribution in [2.24, 2.45) is 0 Å². The number of carbonyl (C=O) groups is 1. The molecule has 4 nitrogen and oxygen atoms in total. The van der Waals surface area contributed by atoms with E-state index in [2.05, 4.69) is 34.1 Å². The lowest BCUT2D eigenvalue weighted by atomic mass is 10.0. The summed E-state index contributed by atoms with van der Waals surface area (Å²) in [6.45, 7) is 3.85. The minimum absolute atomic E-state index is 0.303. The fourth-order valence-electron chi connectivity index (χ4n) is 2.90. The van der Waals surface area contributed by atoms with Gasteiger partial charge in [-0.2, -0.15) is 0 Å². The number of ether oxygens (including phenoxy) is 1. The van der Waals surface area contributed by atoms with E-state index in [4.69, 9.17) is 4.74 Å². The van der Waals surface area contributed by atoms with Crippen LogP contribution in [0.5, 0.6) is 0 Å². The second kappa shape index (κ2) is 6.60. The lowest BCUT2D eigenvalue weighted by Crippen LogP contribution is -2.26. The molecule has 0 atom stereocenters. The molecular weight excluding hydrogens is 276 g/mol. The lowest BCUT2D eigenvalue weighted by Gasteiger charge is -2.23. The van der Waals surface area contributed by atoms with E-state index in [-0.39, 0.29) is 5.97 Å². The number of nitrogens with zero attached hydrogens (tertiary/aromatic N) is 2. The second-order valence-electron chi connectivity index (χ2n) is 5.39. The van der Waals surface area contributed by atoms with Gasteiger partial charge in [0.15, 0.2) is 0 Å². The molecule has 0 fully saturated rings. The van der Waals surface area contributed by atoms with Crippen molar-refractivity contribution in [3.8, 4) is 0 Å². The molecule has 0 saturated heterocycles. The van der Waals surface area contributed by atoms with Crippen molar-refractivity contribution in [2.45, 2.75) is 26.3 Å². The van der Waals surface area contributed by atoms with Gasteiger partial charge in [0.1, 0.15) is 11.4 Å². The summed E-state index contributed by atoms with van der Waals surface area (Å²) in [5.41, 5.74) is 3.24. The van der Waals surface area contributed by atoms with Gasteiger partial charge in [-0.05, 0) is 43.0 Å². The molecule has 0 bridgehead atoms. The molecule has 1 aliphatic rings. The molecular formula is C18H20N2O2. The Labute approximate surface area is 130 Å². The zero-order valence-electron chi connectivity index (χ0n) is 12.8. The number of benzene rings is 1. The zero-order valence-corrected chi connectivity index (χ0v) is 12.8. The highest BCUT2D eigenvalue weighted by atomic mass is 16.5. The lowest BCUT2D eigenvalue weighted by molar-refractivity contribution is 0.0526. The van der Waals surface area contributed by atoms with Crippen LogP contribution in [0.2, 0.25) is 0 Å². The van der Waals surface area contributed by atoms with E-state index in [0.717, 1.165) is 31.7 Å². The summed E-state index contributed by atoms with van der Waals surface area (Å²) in [7, 11) is 0. The van der Waals surface area contributed by atoms with Crippen LogP contribution in [-0.4, -0.2) is 24.1 Å². The largest absolute Gasteiger partial charge is 0.462 e. The fraction of sp³-hybridized carbons (Fsp3) is 0.333. The van der Waals surface area contributed by atoms with Gasteiger partial charge in [-0.15, -0.1) is 0 Å². The molecule has 0 N–H and O–H groups in total. The summed E-state index contributed by atoms with van der Waals surface area (Å²) in [5.74, 6) is 0.417. The van der Waals surface area contributed by atoms with E-state index in [9.17, 15) is 4.79 Å². The monoisotopic (exact) mass is 296 g/mol. The topological polar surface area (TPSA) is 42.4 Å². The summed E-state index contributed by atoms with van der Waals surface area (Å²) < 4.78 is 5.15. The van der Waals surface area contributed by atoms with Crippen molar-refractivity contribution in [1.29, 1.82) is 0 Å². The van der Waals surface area contributed by atoms with Crippen LogP contribution in [0.3, 0.4) is 0 Å². The average molecular weight is 296 g/mol. The number of carbonyl (C=O) groups excluding carboxylic acids is 1. The number of hydrogen-bond donors (Lipinski definition) is 0. The molecule has 114 valence electrons. The highest BCUT2D eigenvalue weighted by Crippen LogP contribution is 2.25.